The fraction of sp³-hybridized carbons (Fsp3) is 0.0952. The summed E-state index contributed by atoms with van der Waals surface area (Å²) in [5, 5.41) is 11.5. The van der Waals surface area contributed by atoms with Crippen LogP contribution in [0.1, 0.15) is 0 Å². The van der Waals surface area contributed by atoms with Crippen LogP contribution in [-0.2, 0) is 0 Å². The van der Waals surface area contributed by atoms with E-state index in [2.05, 4.69) is 20.8 Å². The summed E-state index contributed by atoms with van der Waals surface area (Å²) in [5.74, 6) is 2.03. The van der Waals surface area contributed by atoms with Crippen molar-refractivity contribution in [2.45, 2.75) is 0 Å². The Kier molecular flexibility index (Phi) is 5.62. The monoisotopic (exact) mass is 422 g/mol. The van der Waals surface area contributed by atoms with E-state index in [-0.39, 0.29) is 0 Å². The van der Waals surface area contributed by atoms with E-state index in [1.807, 2.05) is 23.6 Å². The van der Waals surface area contributed by atoms with Gasteiger partial charge in [0.15, 0.2) is 0 Å². The molecule has 2 aromatic carbocycles. The van der Waals surface area contributed by atoms with Crippen LogP contribution in [0.3, 0.4) is 0 Å². The topological polar surface area (TPSA) is 98.5 Å². The van der Waals surface area contributed by atoms with Crippen molar-refractivity contribution in [3.05, 3.63) is 60.0 Å². The van der Waals surface area contributed by atoms with Crippen molar-refractivity contribution in [2.24, 2.45) is 0 Å². The van der Waals surface area contributed by atoms with Crippen molar-refractivity contribution < 1.29 is 18.8 Å². The molecule has 0 bridgehead atoms. The molecule has 9 heteroatoms. The number of carbonyl (C=O) groups excluding carboxylic acids is 1. The molecule has 0 aliphatic carbocycles. The zero-order valence-electron chi connectivity index (χ0n) is 16.2. The maximum Gasteiger partial charge on any atom is 0.323 e. The van der Waals surface area contributed by atoms with Gasteiger partial charge in [-0.25, -0.2) is 4.79 Å². The number of hydrogen-bond acceptors (Lipinski definition) is 7. The van der Waals surface area contributed by atoms with Crippen LogP contribution >= 0.6 is 11.3 Å². The molecule has 0 saturated carbocycles. The van der Waals surface area contributed by atoms with E-state index in [1.54, 1.807) is 43.5 Å². The number of ether oxygens (including phenoxy) is 2. The molecule has 0 aliphatic heterocycles. The van der Waals surface area contributed by atoms with Gasteiger partial charge in [-0.15, -0.1) is 11.3 Å². The highest BCUT2D eigenvalue weighted by Crippen LogP contribution is 2.29. The number of rotatable bonds is 6. The van der Waals surface area contributed by atoms with Crippen molar-refractivity contribution in [3.63, 3.8) is 0 Å². The number of urea groups is 1. The van der Waals surface area contributed by atoms with Crippen LogP contribution < -0.4 is 20.1 Å². The van der Waals surface area contributed by atoms with E-state index < -0.39 is 6.03 Å². The first-order chi connectivity index (χ1) is 14.7. The molecule has 0 unspecified atom stereocenters. The Bertz CT molecular complexity index is 1160. The number of thiophene rings is 1. The average Bonchev–Trinajstić information content (AvgIpc) is 3.45. The lowest BCUT2D eigenvalue weighted by Gasteiger charge is -2.12. The lowest BCUT2D eigenvalue weighted by molar-refractivity contribution is 0.262. The van der Waals surface area contributed by atoms with Gasteiger partial charge in [0.05, 0.1) is 24.8 Å². The third-order valence-corrected chi connectivity index (χ3v) is 5.05. The molecule has 0 atom stereocenters. The maximum atomic E-state index is 12.5. The predicted molar refractivity (Wildman–Crippen MR) is 115 cm³/mol. The van der Waals surface area contributed by atoms with Crippen molar-refractivity contribution in [2.75, 3.05) is 24.9 Å². The van der Waals surface area contributed by atoms with Gasteiger partial charge >= 0.3 is 6.03 Å². The number of benzene rings is 2. The molecule has 4 aromatic rings. The van der Waals surface area contributed by atoms with Crippen LogP contribution in [0.15, 0.2) is 64.5 Å². The van der Waals surface area contributed by atoms with Gasteiger partial charge in [0.2, 0.25) is 5.82 Å². The van der Waals surface area contributed by atoms with Crippen LogP contribution in [0.5, 0.6) is 11.5 Å². The maximum absolute atomic E-state index is 12.5. The van der Waals surface area contributed by atoms with Gasteiger partial charge in [-0.3, -0.25) is 0 Å². The first kappa shape index (κ1) is 19.5. The fourth-order valence-electron chi connectivity index (χ4n) is 2.77. The first-order valence-electron chi connectivity index (χ1n) is 8.94. The molecular formula is C21H18N4O4S. The van der Waals surface area contributed by atoms with Gasteiger partial charge < -0.3 is 24.6 Å². The lowest BCUT2D eigenvalue weighted by atomic mass is 10.2. The summed E-state index contributed by atoms with van der Waals surface area (Å²) >= 11 is 1.52. The summed E-state index contributed by atoms with van der Waals surface area (Å²) in [7, 11) is 3.09. The van der Waals surface area contributed by atoms with Gasteiger partial charge in [0.1, 0.15) is 11.5 Å². The molecule has 4 rings (SSSR count). The smallest absolute Gasteiger partial charge is 0.323 e. The van der Waals surface area contributed by atoms with E-state index in [4.69, 9.17) is 14.0 Å². The summed E-state index contributed by atoms with van der Waals surface area (Å²) < 4.78 is 15.8. The number of carbonyl (C=O) groups is 1. The Labute approximate surface area is 176 Å². The van der Waals surface area contributed by atoms with Crippen molar-refractivity contribution in [1.82, 2.24) is 10.1 Å². The largest absolute Gasteiger partial charge is 0.497 e. The van der Waals surface area contributed by atoms with Crippen molar-refractivity contribution in [1.29, 1.82) is 0 Å². The number of nitrogens with one attached hydrogen (secondary N) is 2. The van der Waals surface area contributed by atoms with Crippen LogP contribution in [0.4, 0.5) is 16.2 Å². The molecule has 2 amide bonds. The first-order valence-corrected chi connectivity index (χ1v) is 9.82. The molecule has 0 aliphatic rings. The Balaban J connectivity index is 1.49. The highest BCUT2D eigenvalue weighted by atomic mass is 32.1. The molecule has 2 heterocycles. The Morgan fingerprint density at radius 3 is 2.70 bits per heavy atom. The van der Waals surface area contributed by atoms with E-state index in [1.165, 1.54) is 18.4 Å². The fourth-order valence-corrected chi connectivity index (χ4v) is 3.42. The highest BCUT2D eigenvalue weighted by Gasteiger charge is 2.13. The third-order valence-electron chi connectivity index (χ3n) is 4.19. The summed E-state index contributed by atoms with van der Waals surface area (Å²) in [6.07, 6.45) is 0. The molecule has 2 N–H and O–H groups in total. The molecule has 0 saturated heterocycles. The van der Waals surface area contributed by atoms with E-state index in [9.17, 15) is 4.79 Å². The van der Waals surface area contributed by atoms with Gasteiger partial charge in [-0.2, -0.15) is 4.98 Å². The summed E-state index contributed by atoms with van der Waals surface area (Å²) in [4.78, 5) is 17.8. The van der Waals surface area contributed by atoms with Gasteiger partial charge in [-0.1, -0.05) is 23.4 Å². The zero-order valence-corrected chi connectivity index (χ0v) is 17.0. The molecule has 152 valence electrons. The Hall–Kier alpha value is -3.85. The van der Waals surface area contributed by atoms with Crippen LogP contribution in [0.25, 0.3) is 22.2 Å². The average molecular weight is 422 g/mol. The lowest BCUT2D eigenvalue weighted by Crippen LogP contribution is -2.19. The quantitative estimate of drug-likeness (QED) is 0.447. The Morgan fingerprint density at radius 1 is 1.03 bits per heavy atom. The van der Waals surface area contributed by atoms with E-state index >= 15 is 0 Å². The van der Waals surface area contributed by atoms with Gasteiger partial charge in [0, 0.05) is 17.3 Å². The molecule has 0 fully saturated rings. The normalized spacial score (nSPS) is 10.5. The number of amides is 2. The van der Waals surface area contributed by atoms with E-state index in [0.29, 0.717) is 34.6 Å². The number of nitrogens with zero attached hydrogens (tertiary/aromatic N) is 2. The number of aromatic nitrogens is 2. The number of anilines is 2. The molecule has 30 heavy (non-hydrogen) atoms. The third kappa shape index (κ3) is 4.26. The summed E-state index contributed by atoms with van der Waals surface area (Å²) in [6.45, 7) is 0. The minimum absolute atomic E-state index is 0.425. The van der Waals surface area contributed by atoms with Crippen molar-refractivity contribution >= 4 is 28.7 Å². The highest BCUT2D eigenvalue weighted by molar-refractivity contribution is 7.13. The second kappa shape index (κ2) is 8.66. The minimum atomic E-state index is -0.425. The second-order valence-corrected chi connectivity index (χ2v) is 7.07. The summed E-state index contributed by atoms with van der Waals surface area (Å²) in [6, 6.07) is 15.7. The predicted octanol–water partition coefficient (Wildman–Crippen LogP) is 5.13. The van der Waals surface area contributed by atoms with Gasteiger partial charge in [-0.05, 0) is 35.7 Å². The van der Waals surface area contributed by atoms with Gasteiger partial charge in [0.25, 0.3) is 5.89 Å². The van der Waals surface area contributed by atoms with Crippen LogP contribution in [0, 0.1) is 0 Å². The zero-order chi connectivity index (χ0) is 20.9. The van der Waals surface area contributed by atoms with Crippen LogP contribution in [-0.4, -0.2) is 30.4 Å². The minimum Gasteiger partial charge on any atom is -0.497 e. The molecule has 0 spiro atoms. The molecule has 2 aromatic heterocycles. The van der Waals surface area contributed by atoms with Crippen LogP contribution in [0.2, 0.25) is 0 Å². The molecule has 8 nitrogen and oxygen atoms in total. The molecular weight excluding hydrogens is 404 g/mol. The van der Waals surface area contributed by atoms with Crippen molar-refractivity contribution in [3.8, 4) is 33.7 Å². The number of methoxy groups -OCH3 is 2. The number of hydrogen-bond donors (Lipinski definition) is 2. The van der Waals surface area contributed by atoms with E-state index in [0.717, 1.165) is 10.4 Å². The second-order valence-electron chi connectivity index (χ2n) is 6.13. The summed E-state index contributed by atoms with van der Waals surface area (Å²) in [5.41, 5.74) is 1.79. The molecule has 0 radical (unpaired) electrons. The SMILES string of the molecule is COc1ccc(OC)c(NC(=O)Nc2cccc(-c3noc(-c4cccs4)n3)c2)c1. The standard InChI is InChI=1S/C21H18N4O4S/c1-27-15-8-9-17(28-2)16(12-15)23-21(26)22-14-6-3-5-13(11-14)19-24-20(29-25-19)18-7-4-10-30-18/h3-12H,1-2H3,(H2,22,23,26). The Morgan fingerprint density at radius 2 is 1.93 bits per heavy atom.